The van der Waals surface area contributed by atoms with Crippen LogP contribution in [0.15, 0.2) is 48.7 Å². The quantitative estimate of drug-likeness (QED) is 0.475. The van der Waals surface area contributed by atoms with Gasteiger partial charge in [0.15, 0.2) is 5.69 Å². The Kier molecular flexibility index (Phi) is 4.91. The highest BCUT2D eigenvalue weighted by atomic mass is 16.5. The summed E-state index contributed by atoms with van der Waals surface area (Å²) >= 11 is 0. The number of primary amides is 1. The van der Waals surface area contributed by atoms with Gasteiger partial charge in [0.1, 0.15) is 23.8 Å². The van der Waals surface area contributed by atoms with Gasteiger partial charge in [-0.2, -0.15) is 5.10 Å². The number of ether oxygens (including phenoxy) is 1. The summed E-state index contributed by atoms with van der Waals surface area (Å²) < 4.78 is 9.76. The SMILES string of the molecule is CC(C)(O)C#Cc1ccc2c(c1)-c1nc(C(N)=O)c(Cn3ncc4ccccc43)n1CCO2. The zero-order valence-electron chi connectivity index (χ0n) is 18.4. The molecule has 0 bridgehead atoms. The molecule has 4 aromatic rings. The van der Waals surface area contributed by atoms with Crippen molar-refractivity contribution in [2.75, 3.05) is 6.61 Å². The lowest BCUT2D eigenvalue weighted by Crippen LogP contribution is -2.18. The van der Waals surface area contributed by atoms with Crippen molar-refractivity contribution in [2.45, 2.75) is 32.5 Å². The predicted octanol–water partition coefficient (Wildman–Crippen LogP) is 2.56. The standard InChI is InChI=1S/C25H23N5O3/c1-25(2,32)10-9-16-7-8-21-18(13-16)24-28-22(23(26)31)20(29(24)11-12-33-21)15-30-19-6-4-3-5-17(19)14-27-30/h3-8,13-14,32H,11-12,15H2,1-2H3,(H2,26,31). The van der Waals surface area contributed by atoms with Crippen LogP contribution in [0, 0.1) is 11.8 Å². The number of nitrogens with zero attached hydrogens (tertiary/aromatic N) is 4. The second-order valence-electron chi connectivity index (χ2n) is 8.48. The van der Waals surface area contributed by atoms with Crippen LogP contribution >= 0.6 is 0 Å². The number of imidazole rings is 1. The van der Waals surface area contributed by atoms with Crippen molar-refractivity contribution in [1.29, 1.82) is 0 Å². The summed E-state index contributed by atoms with van der Waals surface area (Å²) in [5.74, 6) is 6.46. The molecule has 0 atom stereocenters. The van der Waals surface area contributed by atoms with Crippen LogP contribution in [0.4, 0.5) is 0 Å². The van der Waals surface area contributed by atoms with Crippen molar-refractivity contribution in [2.24, 2.45) is 5.73 Å². The predicted molar refractivity (Wildman–Crippen MR) is 124 cm³/mol. The first-order chi connectivity index (χ1) is 15.8. The van der Waals surface area contributed by atoms with Gasteiger partial charge in [-0.15, -0.1) is 0 Å². The van der Waals surface area contributed by atoms with E-state index in [1.54, 1.807) is 20.0 Å². The molecule has 1 aliphatic heterocycles. The Hall–Kier alpha value is -4.09. The number of benzene rings is 2. The van der Waals surface area contributed by atoms with E-state index in [0.717, 1.165) is 10.9 Å². The van der Waals surface area contributed by atoms with Crippen molar-refractivity contribution in [3.8, 4) is 29.0 Å². The molecule has 2 aromatic carbocycles. The summed E-state index contributed by atoms with van der Waals surface area (Å²) in [6.45, 7) is 4.51. The fraction of sp³-hybridized carbons (Fsp3) is 0.240. The highest BCUT2D eigenvalue weighted by Gasteiger charge is 2.26. The molecule has 0 radical (unpaired) electrons. The number of nitrogens with two attached hydrogens (primary N) is 1. The van der Waals surface area contributed by atoms with E-state index < -0.39 is 11.5 Å². The van der Waals surface area contributed by atoms with Gasteiger partial charge >= 0.3 is 0 Å². The maximum Gasteiger partial charge on any atom is 0.269 e. The molecule has 0 saturated heterocycles. The van der Waals surface area contributed by atoms with Gasteiger partial charge in [0.05, 0.1) is 36.1 Å². The Balaban J connectivity index is 1.64. The maximum absolute atomic E-state index is 12.3. The molecule has 8 nitrogen and oxygen atoms in total. The Labute approximate surface area is 190 Å². The van der Waals surface area contributed by atoms with Gasteiger partial charge in [-0.25, -0.2) is 4.98 Å². The van der Waals surface area contributed by atoms with Gasteiger partial charge in [0.25, 0.3) is 5.91 Å². The number of hydrogen-bond donors (Lipinski definition) is 2. The second-order valence-corrected chi connectivity index (χ2v) is 8.48. The normalized spacial score (nSPS) is 12.8. The van der Waals surface area contributed by atoms with Crippen LogP contribution in [0.5, 0.6) is 5.75 Å². The molecule has 0 saturated carbocycles. The van der Waals surface area contributed by atoms with Gasteiger partial charge in [-0.3, -0.25) is 9.48 Å². The monoisotopic (exact) mass is 441 g/mol. The fourth-order valence-electron chi connectivity index (χ4n) is 3.96. The molecule has 0 fully saturated rings. The smallest absolute Gasteiger partial charge is 0.269 e. The average Bonchev–Trinajstić information content (AvgIpc) is 3.29. The van der Waals surface area contributed by atoms with Crippen LogP contribution in [-0.4, -0.2) is 42.6 Å². The third-order valence-electron chi connectivity index (χ3n) is 5.46. The van der Waals surface area contributed by atoms with Crippen molar-refractivity contribution in [3.05, 3.63) is 65.6 Å². The number of para-hydroxylation sites is 1. The first kappa shape index (κ1) is 20.8. The second kappa shape index (κ2) is 7.80. The maximum atomic E-state index is 12.3. The van der Waals surface area contributed by atoms with Gasteiger partial charge < -0.3 is 20.1 Å². The summed E-state index contributed by atoms with van der Waals surface area (Å²) in [5, 5.41) is 15.5. The Bertz CT molecular complexity index is 1450. The van der Waals surface area contributed by atoms with E-state index in [1.807, 2.05) is 51.7 Å². The molecule has 0 aliphatic carbocycles. The Morgan fingerprint density at radius 2 is 2.09 bits per heavy atom. The number of fused-ring (bicyclic) bond motifs is 4. The van der Waals surface area contributed by atoms with E-state index >= 15 is 0 Å². The minimum Gasteiger partial charge on any atom is -0.491 e. The molecular weight excluding hydrogens is 418 g/mol. The summed E-state index contributed by atoms with van der Waals surface area (Å²) in [4.78, 5) is 17.0. The molecule has 1 amide bonds. The molecule has 33 heavy (non-hydrogen) atoms. The van der Waals surface area contributed by atoms with E-state index in [2.05, 4.69) is 21.9 Å². The van der Waals surface area contributed by atoms with Crippen molar-refractivity contribution < 1.29 is 14.6 Å². The van der Waals surface area contributed by atoms with Crippen LogP contribution in [0.1, 0.15) is 35.6 Å². The van der Waals surface area contributed by atoms with Crippen LogP contribution in [-0.2, 0) is 13.1 Å². The van der Waals surface area contributed by atoms with Gasteiger partial charge in [-0.05, 0) is 38.1 Å². The van der Waals surface area contributed by atoms with Crippen LogP contribution in [0.3, 0.4) is 0 Å². The number of aromatic nitrogens is 4. The zero-order chi connectivity index (χ0) is 23.2. The lowest BCUT2D eigenvalue weighted by atomic mass is 10.1. The van der Waals surface area contributed by atoms with Crippen molar-refractivity contribution >= 4 is 16.8 Å². The van der Waals surface area contributed by atoms with E-state index in [-0.39, 0.29) is 5.69 Å². The molecule has 166 valence electrons. The Morgan fingerprint density at radius 3 is 2.88 bits per heavy atom. The molecule has 0 spiro atoms. The average molecular weight is 441 g/mol. The van der Waals surface area contributed by atoms with Crippen LogP contribution in [0.2, 0.25) is 0 Å². The Morgan fingerprint density at radius 1 is 1.27 bits per heavy atom. The minimum absolute atomic E-state index is 0.213. The fourth-order valence-corrected chi connectivity index (χ4v) is 3.96. The first-order valence-corrected chi connectivity index (χ1v) is 10.6. The lowest BCUT2D eigenvalue weighted by Gasteiger charge is -2.10. The summed E-state index contributed by atoms with van der Waals surface area (Å²) in [6, 6.07) is 13.4. The van der Waals surface area contributed by atoms with Gasteiger partial charge in [-0.1, -0.05) is 30.0 Å². The van der Waals surface area contributed by atoms with Gasteiger partial charge in [0, 0.05) is 10.9 Å². The van der Waals surface area contributed by atoms with E-state index in [1.165, 1.54) is 0 Å². The van der Waals surface area contributed by atoms with Crippen LogP contribution in [0.25, 0.3) is 22.3 Å². The molecule has 3 heterocycles. The number of amides is 1. The third kappa shape index (κ3) is 3.95. The number of aliphatic hydroxyl groups is 1. The molecule has 2 aromatic heterocycles. The van der Waals surface area contributed by atoms with Gasteiger partial charge in [0.2, 0.25) is 0 Å². The van der Waals surface area contributed by atoms with E-state index in [4.69, 9.17) is 10.5 Å². The largest absolute Gasteiger partial charge is 0.491 e. The highest BCUT2D eigenvalue weighted by molar-refractivity contribution is 5.93. The topological polar surface area (TPSA) is 108 Å². The summed E-state index contributed by atoms with van der Waals surface area (Å²) in [5.41, 5.74) is 7.88. The lowest BCUT2D eigenvalue weighted by molar-refractivity contribution is 0.0994. The number of hydrogen-bond acceptors (Lipinski definition) is 5. The molecule has 0 unspecified atom stereocenters. The summed E-state index contributed by atoms with van der Waals surface area (Å²) in [6.07, 6.45) is 1.80. The molecule has 1 aliphatic rings. The van der Waals surface area contributed by atoms with Crippen molar-refractivity contribution in [1.82, 2.24) is 19.3 Å². The number of carbonyl (C=O) groups excluding carboxylic acids is 1. The van der Waals surface area contributed by atoms with Crippen molar-refractivity contribution in [3.63, 3.8) is 0 Å². The number of carbonyl (C=O) groups is 1. The zero-order valence-corrected chi connectivity index (χ0v) is 18.4. The molecular formula is C25H23N5O3. The minimum atomic E-state index is -1.11. The summed E-state index contributed by atoms with van der Waals surface area (Å²) in [7, 11) is 0. The van der Waals surface area contributed by atoms with Crippen LogP contribution < -0.4 is 10.5 Å². The van der Waals surface area contributed by atoms with E-state index in [9.17, 15) is 9.90 Å². The number of rotatable bonds is 3. The molecule has 8 heteroatoms. The molecule has 3 N–H and O–H groups in total. The highest BCUT2D eigenvalue weighted by Crippen LogP contribution is 2.34. The first-order valence-electron chi connectivity index (χ1n) is 10.6. The van der Waals surface area contributed by atoms with E-state index in [0.29, 0.717) is 48.1 Å². The third-order valence-corrected chi connectivity index (χ3v) is 5.46. The molecule has 5 rings (SSSR count).